The zero-order chi connectivity index (χ0) is 26.0. The first-order valence-electron chi connectivity index (χ1n) is 13.7. The largest absolute Gasteiger partial charge is 0.481 e. The number of hydrogen-bond donors (Lipinski definition) is 2. The molecular weight excluding hydrogens is 489 g/mol. The normalized spacial score (nSPS) is 35.5. The summed E-state index contributed by atoms with van der Waals surface area (Å²) in [5, 5.41) is 3.21. The highest BCUT2D eigenvalue weighted by atomic mass is 35.5. The second kappa shape index (κ2) is 9.85. The molecule has 0 radical (unpaired) electrons. The van der Waals surface area contributed by atoms with Crippen LogP contribution in [0, 0.1) is 23.2 Å². The van der Waals surface area contributed by atoms with Crippen molar-refractivity contribution in [2.24, 2.45) is 28.9 Å². The summed E-state index contributed by atoms with van der Waals surface area (Å²) in [6, 6.07) is 8.76. The standard InChI is InChI=1S/C28H42BN3O4.ClH/c1-7-22(29-35-21-16-19-15-20(26(19,4)5)27(21,6)36-29)31-24(33)23(18-11-9-8-10-12-18)32-14-13-28(30,17(2)3)25(32)34;/h8-12,17,19-23H,7,13-16,30H2,1-6H3,(H,31,33);1H. The molecule has 1 aromatic rings. The average Bonchev–Trinajstić information content (AvgIpc) is 3.35. The van der Waals surface area contributed by atoms with E-state index in [4.69, 9.17) is 15.0 Å². The molecule has 204 valence electrons. The van der Waals surface area contributed by atoms with Crippen LogP contribution >= 0.6 is 12.4 Å². The van der Waals surface area contributed by atoms with E-state index in [0.29, 0.717) is 31.2 Å². The highest BCUT2D eigenvalue weighted by Gasteiger charge is 2.68. The van der Waals surface area contributed by atoms with Gasteiger partial charge in [-0.3, -0.25) is 9.59 Å². The molecule has 7 nitrogen and oxygen atoms in total. The summed E-state index contributed by atoms with van der Waals surface area (Å²) in [7, 11) is -0.501. The summed E-state index contributed by atoms with van der Waals surface area (Å²) >= 11 is 0. The third kappa shape index (κ3) is 4.32. The minimum absolute atomic E-state index is 0. The van der Waals surface area contributed by atoms with Gasteiger partial charge in [-0.2, -0.15) is 0 Å². The molecule has 2 heterocycles. The van der Waals surface area contributed by atoms with Crippen LogP contribution in [0.25, 0.3) is 0 Å². The first kappa shape index (κ1) is 28.4. The van der Waals surface area contributed by atoms with E-state index >= 15 is 0 Å². The number of carbonyl (C=O) groups is 2. The van der Waals surface area contributed by atoms with Crippen LogP contribution in [-0.4, -0.2) is 53.6 Å². The fourth-order valence-corrected chi connectivity index (χ4v) is 7.37. The smallest absolute Gasteiger partial charge is 0.404 e. The monoisotopic (exact) mass is 531 g/mol. The molecular formula is C28H43BClN3O4. The number of likely N-dealkylation sites (tertiary alicyclic amines) is 1. The fraction of sp³-hybridized carbons (Fsp3) is 0.714. The molecule has 2 aliphatic heterocycles. The SMILES string of the molecule is CCC(NC(=O)C(c1ccccc1)N1CCC(N)(C(C)C)C1=O)B1OC2CC3CC(C3(C)C)C2(C)O1.Cl. The Kier molecular flexibility index (Phi) is 7.56. The molecule has 5 aliphatic rings. The van der Waals surface area contributed by atoms with Crippen molar-refractivity contribution < 1.29 is 18.9 Å². The Balaban J connectivity index is 0.00000320. The molecule has 3 aliphatic carbocycles. The maximum absolute atomic E-state index is 13.9. The van der Waals surface area contributed by atoms with Crippen LogP contribution in [-0.2, 0) is 18.9 Å². The molecule has 1 aromatic carbocycles. The van der Waals surface area contributed by atoms with Crippen molar-refractivity contribution >= 4 is 31.3 Å². The molecule has 0 spiro atoms. The predicted molar refractivity (Wildman–Crippen MR) is 147 cm³/mol. The number of nitrogens with two attached hydrogens (primary N) is 1. The Hall–Kier alpha value is -1.61. The van der Waals surface area contributed by atoms with Gasteiger partial charge in [0.2, 0.25) is 11.8 Å². The van der Waals surface area contributed by atoms with E-state index < -0.39 is 18.7 Å². The summed E-state index contributed by atoms with van der Waals surface area (Å²) in [5.74, 6) is 0.419. The molecule has 9 heteroatoms. The second-order valence-corrected chi connectivity index (χ2v) is 12.6. The highest BCUT2D eigenvalue weighted by Crippen LogP contribution is 2.65. The van der Waals surface area contributed by atoms with Gasteiger partial charge in [-0.15, -0.1) is 12.4 Å². The number of nitrogens with zero attached hydrogens (tertiary/aromatic N) is 1. The van der Waals surface area contributed by atoms with E-state index in [9.17, 15) is 9.59 Å². The van der Waals surface area contributed by atoms with E-state index in [-0.39, 0.29) is 53.2 Å². The number of nitrogens with one attached hydrogen (secondary N) is 1. The summed E-state index contributed by atoms with van der Waals surface area (Å²) < 4.78 is 13.1. The molecule has 2 saturated heterocycles. The zero-order valence-electron chi connectivity index (χ0n) is 23.0. The number of amides is 2. The molecule has 7 unspecified atom stereocenters. The van der Waals surface area contributed by atoms with Crippen molar-refractivity contribution in [1.29, 1.82) is 0 Å². The van der Waals surface area contributed by atoms with Crippen LogP contribution in [0.5, 0.6) is 0 Å². The van der Waals surface area contributed by atoms with E-state index in [1.807, 2.05) is 51.1 Å². The molecule has 5 fully saturated rings. The van der Waals surface area contributed by atoms with Crippen molar-refractivity contribution in [2.45, 2.75) is 96.5 Å². The van der Waals surface area contributed by atoms with E-state index in [1.165, 1.54) is 6.42 Å². The molecule has 0 aromatic heterocycles. The van der Waals surface area contributed by atoms with Gasteiger partial charge in [0, 0.05) is 6.54 Å². The van der Waals surface area contributed by atoms with Crippen LogP contribution in [0.4, 0.5) is 0 Å². The van der Waals surface area contributed by atoms with Gasteiger partial charge in [0.05, 0.1) is 23.2 Å². The number of halogens is 1. The van der Waals surface area contributed by atoms with Crippen LogP contribution in [0.3, 0.4) is 0 Å². The number of rotatable bonds is 7. The van der Waals surface area contributed by atoms with Crippen LogP contribution in [0.2, 0.25) is 0 Å². The predicted octanol–water partition coefficient (Wildman–Crippen LogP) is 3.90. The lowest BCUT2D eigenvalue weighted by Crippen LogP contribution is -2.65. The topological polar surface area (TPSA) is 93.9 Å². The minimum atomic E-state index is -0.951. The van der Waals surface area contributed by atoms with E-state index in [1.54, 1.807) is 4.90 Å². The van der Waals surface area contributed by atoms with Crippen molar-refractivity contribution in [2.75, 3.05) is 6.54 Å². The molecule has 37 heavy (non-hydrogen) atoms. The summed E-state index contributed by atoms with van der Waals surface area (Å²) in [6.45, 7) is 13.3. The summed E-state index contributed by atoms with van der Waals surface area (Å²) in [5.41, 5.74) is 6.29. The molecule has 6 rings (SSSR count). The highest BCUT2D eigenvalue weighted by molar-refractivity contribution is 6.47. The molecule has 2 bridgehead atoms. The lowest BCUT2D eigenvalue weighted by molar-refractivity contribution is -0.199. The maximum atomic E-state index is 13.9. The lowest BCUT2D eigenvalue weighted by atomic mass is 9.43. The Bertz CT molecular complexity index is 1030. The average molecular weight is 532 g/mol. The Morgan fingerprint density at radius 1 is 1.22 bits per heavy atom. The summed E-state index contributed by atoms with van der Waals surface area (Å²) in [6.07, 6.45) is 3.44. The Morgan fingerprint density at radius 3 is 2.46 bits per heavy atom. The molecule has 3 N–H and O–H groups in total. The maximum Gasteiger partial charge on any atom is 0.481 e. The Labute approximate surface area is 228 Å². The van der Waals surface area contributed by atoms with Crippen LogP contribution in [0.1, 0.15) is 78.8 Å². The van der Waals surface area contributed by atoms with Gasteiger partial charge < -0.3 is 25.3 Å². The van der Waals surface area contributed by atoms with Crippen molar-refractivity contribution in [3.63, 3.8) is 0 Å². The quantitative estimate of drug-likeness (QED) is 0.521. The Morgan fingerprint density at radius 2 is 1.89 bits per heavy atom. The molecule has 7 atom stereocenters. The van der Waals surface area contributed by atoms with Crippen molar-refractivity contribution in [3.05, 3.63) is 35.9 Å². The van der Waals surface area contributed by atoms with Crippen LogP contribution < -0.4 is 11.1 Å². The van der Waals surface area contributed by atoms with Gasteiger partial charge in [-0.25, -0.2) is 0 Å². The van der Waals surface area contributed by atoms with Gasteiger partial charge >= 0.3 is 7.12 Å². The van der Waals surface area contributed by atoms with E-state index in [2.05, 4.69) is 26.1 Å². The van der Waals surface area contributed by atoms with Gasteiger partial charge in [0.25, 0.3) is 0 Å². The lowest BCUT2D eigenvalue weighted by Gasteiger charge is -2.64. The first-order valence-corrected chi connectivity index (χ1v) is 13.7. The van der Waals surface area contributed by atoms with E-state index in [0.717, 1.165) is 12.0 Å². The number of hydrogen-bond acceptors (Lipinski definition) is 5. The second-order valence-electron chi connectivity index (χ2n) is 12.6. The summed E-state index contributed by atoms with van der Waals surface area (Å²) in [4.78, 5) is 29.0. The van der Waals surface area contributed by atoms with Gasteiger partial charge in [0.1, 0.15) is 6.04 Å². The fourth-order valence-electron chi connectivity index (χ4n) is 7.37. The molecule has 2 amide bonds. The third-order valence-electron chi connectivity index (χ3n) is 10.2. The van der Waals surface area contributed by atoms with Crippen molar-refractivity contribution in [1.82, 2.24) is 10.2 Å². The first-order chi connectivity index (χ1) is 16.9. The zero-order valence-corrected chi connectivity index (χ0v) is 23.8. The van der Waals surface area contributed by atoms with Crippen LogP contribution in [0.15, 0.2) is 30.3 Å². The number of benzene rings is 1. The third-order valence-corrected chi connectivity index (χ3v) is 10.2. The van der Waals surface area contributed by atoms with Gasteiger partial charge in [-0.05, 0) is 61.3 Å². The van der Waals surface area contributed by atoms with Gasteiger partial charge in [-0.1, -0.05) is 65.0 Å². The van der Waals surface area contributed by atoms with Gasteiger partial charge in [0.15, 0.2) is 0 Å². The number of carbonyl (C=O) groups excluding carboxylic acids is 2. The molecule has 3 saturated carbocycles. The van der Waals surface area contributed by atoms with Crippen molar-refractivity contribution in [3.8, 4) is 0 Å². The minimum Gasteiger partial charge on any atom is -0.404 e.